The maximum Gasteiger partial charge on any atom is 0.422 e. The Kier molecular flexibility index (Phi) is 8.57. The number of alkyl halides is 3. The van der Waals surface area contributed by atoms with Gasteiger partial charge in [-0.05, 0) is 18.4 Å². The van der Waals surface area contributed by atoms with Crippen LogP contribution < -0.4 is 15.8 Å². The number of nitrogens with zero attached hydrogens (tertiary/aromatic N) is 2. The van der Waals surface area contributed by atoms with Gasteiger partial charge in [0.2, 0.25) is 5.88 Å². The minimum absolute atomic E-state index is 0. The lowest BCUT2D eigenvalue weighted by Crippen LogP contribution is -2.41. The van der Waals surface area contributed by atoms with Crippen LogP contribution in [0, 0.1) is 0 Å². The first kappa shape index (κ1) is 20.8. The molecule has 0 saturated heterocycles. The molecule has 24 heavy (non-hydrogen) atoms. The molecule has 0 amide bonds. The average Bonchev–Trinajstić information content (AvgIpc) is 2.52. The Bertz CT molecular complexity index is 516. The smallest absolute Gasteiger partial charge is 0.422 e. The summed E-state index contributed by atoms with van der Waals surface area (Å²) in [5.41, 5.74) is 6.59. The molecule has 1 aliphatic rings. The van der Waals surface area contributed by atoms with Crippen molar-refractivity contribution in [2.45, 2.75) is 50.9 Å². The van der Waals surface area contributed by atoms with Gasteiger partial charge in [-0.1, -0.05) is 25.3 Å². The van der Waals surface area contributed by atoms with E-state index >= 15 is 0 Å². The summed E-state index contributed by atoms with van der Waals surface area (Å²) in [6, 6.07) is 3.39. The topological polar surface area (TPSA) is 72.5 Å². The summed E-state index contributed by atoms with van der Waals surface area (Å²) in [4.78, 5) is 8.05. The van der Waals surface area contributed by atoms with Gasteiger partial charge in [-0.25, -0.2) is 9.98 Å². The molecule has 0 unspecified atom stereocenters. The molecule has 9 heteroatoms. The van der Waals surface area contributed by atoms with Gasteiger partial charge < -0.3 is 15.8 Å². The maximum absolute atomic E-state index is 12.0. The predicted molar refractivity (Wildman–Crippen MR) is 96.5 cm³/mol. The lowest BCUT2D eigenvalue weighted by molar-refractivity contribution is -0.154. The van der Waals surface area contributed by atoms with Crippen molar-refractivity contribution in [2.75, 3.05) is 6.61 Å². The first-order valence-corrected chi connectivity index (χ1v) is 7.63. The molecular formula is C15H22F3IN4O. The number of hydrogen-bond acceptors (Lipinski definition) is 3. The van der Waals surface area contributed by atoms with Crippen molar-refractivity contribution in [3.05, 3.63) is 23.9 Å². The van der Waals surface area contributed by atoms with E-state index in [0.29, 0.717) is 18.5 Å². The predicted octanol–water partition coefficient (Wildman–Crippen LogP) is 3.38. The molecule has 1 aliphatic carbocycles. The molecule has 0 spiro atoms. The number of nitrogens with one attached hydrogen (secondary N) is 1. The van der Waals surface area contributed by atoms with E-state index in [4.69, 9.17) is 5.73 Å². The van der Waals surface area contributed by atoms with Gasteiger partial charge in [0.15, 0.2) is 12.6 Å². The molecule has 1 aromatic heterocycles. The summed E-state index contributed by atoms with van der Waals surface area (Å²) in [7, 11) is 0. The maximum atomic E-state index is 12.0. The van der Waals surface area contributed by atoms with E-state index in [1.54, 1.807) is 6.07 Å². The number of rotatable bonds is 5. The Morgan fingerprint density at radius 1 is 1.29 bits per heavy atom. The molecule has 1 heterocycles. The molecular weight excluding hydrogens is 436 g/mol. The molecule has 0 aromatic carbocycles. The van der Waals surface area contributed by atoms with E-state index in [1.165, 1.54) is 31.5 Å². The zero-order valence-electron chi connectivity index (χ0n) is 13.2. The number of ether oxygens (including phenoxy) is 1. The van der Waals surface area contributed by atoms with E-state index in [-0.39, 0.29) is 29.9 Å². The second-order valence-corrected chi connectivity index (χ2v) is 5.59. The SMILES string of the molecule is I.NC(=NCc1ccc(OCC(F)(F)F)nc1)NC1CCCCC1. The first-order valence-electron chi connectivity index (χ1n) is 7.63. The molecule has 5 nitrogen and oxygen atoms in total. The van der Waals surface area contributed by atoms with Gasteiger partial charge in [0.25, 0.3) is 0 Å². The monoisotopic (exact) mass is 458 g/mol. The van der Waals surface area contributed by atoms with Gasteiger partial charge in [-0.2, -0.15) is 13.2 Å². The van der Waals surface area contributed by atoms with E-state index in [0.717, 1.165) is 18.4 Å². The Hall–Kier alpha value is -1.26. The zero-order chi connectivity index (χ0) is 16.7. The quantitative estimate of drug-likeness (QED) is 0.403. The van der Waals surface area contributed by atoms with Gasteiger partial charge in [-0.3, -0.25) is 0 Å². The minimum atomic E-state index is -4.37. The van der Waals surface area contributed by atoms with E-state index in [1.807, 2.05) is 0 Å². The molecule has 3 N–H and O–H groups in total. The number of pyridine rings is 1. The van der Waals surface area contributed by atoms with Crippen LogP contribution >= 0.6 is 24.0 Å². The molecule has 2 rings (SSSR count). The third kappa shape index (κ3) is 8.02. The Labute approximate surface area is 156 Å². The summed E-state index contributed by atoms with van der Waals surface area (Å²) < 4.78 is 40.6. The summed E-state index contributed by atoms with van der Waals surface area (Å²) in [6.45, 7) is -1.03. The van der Waals surface area contributed by atoms with Crippen molar-refractivity contribution in [1.29, 1.82) is 0 Å². The highest BCUT2D eigenvalue weighted by Crippen LogP contribution is 2.18. The highest BCUT2D eigenvalue weighted by Gasteiger charge is 2.28. The summed E-state index contributed by atoms with van der Waals surface area (Å²) in [5.74, 6) is 0.317. The molecule has 0 radical (unpaired) electrons. The Morgan fingerprint density at radius 2 is 2.00 bits per heavy atom. The number of hydrogen-bond donors (Lipinski definition) is 2. The zero-order valence-corrected chi connectivity index (χ0v) is 15.5. The minimum Gasteiger partial charge on any atom is -0.468 e. The highest BCUT2D eigenvalue weighted by molar-refractivity contribution is 14.0. The number of guanidine groups is 1. The average molecular weight is 458 g/mol. The molecule has 1 aromatic rings. The van der Waals surface area contributed by atoms with E-state index in [9.17, 15) is 13.2 Å². The fourth-order valence-corrected chi connectivity index (χ4v) is 2.42. The van der Waals surface area contributed by atoms with Gasteiger partial charge in [0, 0.05) is 18.3 Å². The number of nitrogens with two attached hydrogens (primary N) is 1. The van der Waals surface area contributed by atoms with Crippen LogP contribution in [0.1, 0.15) is 37.7 Å². The third-order valence-electron chi connectivity index (χ3n) is 3.57. The molecule has 0 atom stereocenters. The fourth-order valence-electron chi connectivity index (χ4n) is 2.42. The van der Waals surface area contributed by atoms with Crippen LogP contribution in [-0.4, -0.2) is 29.8 Å². The standard InChI is InChI=1S/C15H21F3N4O.HI/c16-15(17,18)10-23-13-7-6-11(8-20-13)9-21-14(19)22-12-4-2-1-3-5-12;/h6-8,12H,1-5,9-10H2,(H3,19,21,22);1H. The molecule has 136 valence electrons. The van der Waals surface area contributed by atoms with E-state index in [2.05, 4.69) is 20.0 Å². The number of aromatic nitrogens is 1. The van der Waals surface area contributed by atoms with Crippen LogP contribution in [0.5, 0.6) is 5.88 Å². The third-order valence-corrected chi connectivity index (χ3v) is 3.57. The van der Waals surface area contributed by atoms with Crippen molar-refractivity contribution >= 4 is 29.9 Å². The van der Waals surface area contributed by atoms with Gasteiger partial charge in [0.1, 0.15) is 0 Å². The lowest BCUT2D eigenvalue weighted by atomic mass is 9.96. The number of aliphatic imine (C=N–C) groups is 1. The highest BCUT2D eigenvalue weighted by atomic mass is 127. The normalized spacial score (nSPS) is 16.4. The van der Waals surface area contributed by atoms with Crippen LogP contribution in [0.2, 0.25) is 0 Å². The fraction of sp³-hybridized carbons (Fsp3) is 0.600. The largest absolute Gasteiger partial charge is 0.468 e. The van der Waals surface area contributed by atoms with Crippen molar-refractivity contribution in [3.63, 3.8) is 0 Å². The molecule has 0 aliphatic heterocycles. The van der Waals surface area contributed by atoms with Crippen LogP contribution in [-0.2, 0) is 6.54 Å². The van der Waals surface area contributed by atoms with Gasteiger partial charge >= 0.3 is 6.18 Å². The Morgan fingerprint density at radius 3 is 2.58 bits per heavy atom. The molecule has 0 bridgehead atoms. The van der Waals surface area contributed by atoms with Crippen LogP contribution in [0.4, 0.5) is 13.2 Å². The number of halogens is 4. The summed E-state index contributed by atoms with van der Waals surface area (Å²) in [6.07, 6.45) is 2.94. The van der Waals surface area contributed by atoms with Crippen LogP contribution in [0.25, 0.3) is 0 Å². The van der Waals surface area contributed by atoms with Crippen LogP contribution in [0.3, 0.4) is 0 Å². The lowest BCUT2D eigenvalue weighted by Gasteiger charge is -2.23. The van der Waals surface area contributed by atoms with E-state index < -0.39 is 12.8 Å². The molecule has 1 saturated carbocycles. The first-order chi connectivity index (χ1) is 10.9. The van der Waals surface area contributed by atoms with Crippen molar-refractivity contribution in [2.24, 2.45) is 10.7 Å². The van der Waals surface area contributed by atoms with Crippen molar-refractivity contribution < 1.29 is 17.9 Å². The van der Waals surface area contributed by atoms with Gasteiger partial charge in [-0.15, -0.1) is 24.0 Å². The summed E-state index contributed by atoms with van der Waals surface area (Å²) >= 11 is 0. The summed E-state index contributed by atoms with van der Waals surface area (Å²) in [5, 5.41) is 3.20. The van der Waals surface area contributed by atoms with Crippen molar-refractivity contribution in [1.82, 2.24) is 10.3 Å². The second-order valence-electron chi connectivity index (χ2n) is 5.59. The van der Waals surface area contributed by atoms with Crippen molar-refractivity contribution in [3.8, 4) is 5.88 Å². The molecule has 1 fully saturated rings. The Balaban J connectivity index is 0.00000288. The van der Waals surface area contributed by atoms with Gasteiger partial charge in [0.05, 0.1) is 6.54 Å². The van der Waals surface area contributed by atoms with Crippen LogP contribution in [0.15, 0.2) is 23.3 Å². The second kappa shape index (κ2) is 9.90.